The second kappa shape index (κ2) is 7.06. The highest BCUT2D eigenvalue weighted by Crippen LogP contribution is 2.21. The molecule has 0 saturated carbocycles. The summed E-state index contributed by atoms with van der Waals surface area (Å²) in [6.07, 6.45) is 5.72. The molecule has 1 N–H and O–H groups in total. The van der Waals surface area contributed by atoms with Crippen LogP contribution in [0.5, 0.6) is 0 Å². The quantitative estimate of drug-likeness (QED) is 0.843. The van der Waals surface area contributed by atoms with Gasteiger partial charge in [0.25, 0.3) is 0 Å². The molecule has 0 amide bonds. The van der Waals surface area contributed by atoms with E-state index in [1.807, 2.05) is 7.05 Å². The molecular weight excluding hydrogens is 260 g/mol. The molecule has 1 fully saturated rings. The molecule has 1 aliphatic heterocycles. The van der Waals surface area contributed by atoms with Crippen LogP contribution in [-0.4, -0.2) is 36.1 Å². The van der Waals surface area contributed by atoms with Gasteiger partial charge in [-0.25, -0.2) is 9.97 Å². The molecule has 5 heteroatoms. The van der Waals surface area contributed by atoms with E-state index >= 15 is 0 Å². The number of rotatable bonds is 5. The van der Waals surface area contributed by atoms with E-state index in [1.54, 1.807) is 0 Å². The molecule has 0 aromatic carbocycles. The van der Waals surface area contributed by atoms with E-state index in [4.69, 9.17) is 11.6 Å². The Balaban J connectivity index is 2.11. The number of likely N-dealkylation sites (N-methyl/N-ethyl adjacent to an activating group) is 1. The van der Waals surface area contributed by atoms with Gasteiger partial charge in [-0.15, -0.1) is 0 Å². The molecule has 0 bridgehead atoms. The molecule has 19 heavy (non-hydrogen) atoms. The van der Waals surface area contributed by atoms with Gasteiger partial charge in [-0.05, 0) is 44.3 Å². The maximum Gasteiger partial charge on any atom is 0.224 e. The third-order valence-corrected chi connectivity index (χ3v) is 3.85. The van der Waals surface area contributed by atoms with Gasteiger partial charge in [-0.2, -0.15) is 0 Å². The molecule has 0 aliphatic carbocycles. The molecule has 1 aliphatic rings. The minimum absolute atomic E-state index is 0.371. The molecule has 0 unspecified atom stereocenters. The summed E-state index contributed by atoms with van der Waals surface area (Å²) in [5.41, 5.74) is 1.06. The van der Waals surface area contributed by atoms with Gasteiger partial charge >= 0.3 is 0 Å². The fraction of sp³-hybridized carbons (Fsp3) is 0.714. The summed E-state index contributed by atoms with van der Waals surface area (Å²) in [4.78, 5) is 11.0. The summed E-state index contributed by atoms with van der Waals surface area (Å²) in [6, 6.07) is 2.64. The lowest BCUT2D eigenvalue weighted by atomic mass is 10.1. The Labute approximate surface area is 120 Å². The van der Waals surface area contributed by atoms with E-state index < -0.39 is 0 Å². The molecular formula is C14H23ClN4. The Kier molecular flexibility index (Phi) is 5.40. The number of aryl methyl sites for hydroxylation is 1. The molecule has 0 spiro atoms. The van der Waals surface area contributed by atoms with Crippen molar-refractivity contribution in [2.24, 2.45) is 0 Å². The standard InChI is InChI=1S/C14H23ClN4/c1-3-4-6-11-9-13(18-14(15)17-11)19-8-5-7-12(10-19)16-2/h9,12,16H,3-8,10H2,1-2H3/t12-/m1/s1. The van der Waals surface area contributed by atoms with Gasteiger partial charge in [-0.1, -0.05) is 13.3 Å². The van der Waals surface area contributed by atoms with Crippen LogP contribution in [0.2, 0.25) is 5.28 Å². The summed E-state index contributed by atoms with van der Waals surface area (Å²) in [6.45, 7) is 4.24. The number of halogens is 1. The van der Waals surface area contributed by atoms with Crippen molar-refractivity contribution in [3.8, 4) is 0 Å². The zero-order valence-electron chi connectivity index (χ0n) is 11.8. The van der Waals surface area contributed by atoms with E-state index in [2.05, 4.69) is 33.2 Å². The van der Waals surface area contributed by atoms with Gasteiger partial charge in [0.1, 0.15) is 5.82 Å². The van der Waals surface area contributed by atoms with Gasteiger partial charge < -0.3 is 10.2 Å². The summed E-state index contributed by atoms with van der Waals surface area (Å²) >= 11 is 6.05. The predicted molar refractivity (Wildman–Crippen MR) is 79.9 cm³/mol. The highest BCUT2D eigenvalue weighted by molar-refractivity contribution is 6.28. The Morgan fingerprint density at radius 1 is 1.47 bits per heavy atom. The number of unbranched alkanes of at least 4 members (excludes halogenated alkanes) is 1. The molecule has 2 heterocycles. The lowest BCUT2D eigenvalue weighted by Gasteiger charge is -2.33. The number of piperidine rings is 1. The van der Waals surface area contributed by atoms with Crippen LogP contribution in [0.25, 0.3) is 0 Å². The van der Waals surface area contributed by atoms with E-state index in [9.17, 15) is 0 Å². The van der Waals surface area contributed by atoms with Crippen LogP contribution in [0.3, 0.4) is 0 Å². The van der Waals surface area contributed by atoms with Crippen molar-refractivity contribution < 1.29 is 0 Å². The lowest BCUT2D eigenvalue weighted by Crippen LogP contribution is -2.44. The van der Waals surface area contributed by atoms with Gasteiger partial charge in [0, 0.05) is 30.9 Å². The van der Waals surface area contributed by atoms with Crippen LogP contribution in [0.4, 0.5) is 5.82 Å². The summed E-state index contributed by atoms with van der Waals surface area (Å²) in [5.74, 6) is 0.978. The van der Waals surface area contributed by atoms with Crippen molar-refractivity contribution in [2.75, 3.05) is 25.0 Å². The normalized spacial score (nSPS) is 19.7. The fourth-order valence-corrected chi connectivity index (χ4v) is 2.72. The SMILES string of the molecule is CCCCc1cc(N2CCC[C@@H](NC)C2)nc(Cl)n1. The van der Waals surface area contributed by atoms with Gasteiger partial charge in [0.05, 0.1) is 0 Å². The van der Waals surface area contributed by atoms with Crippen LogP contribution < -0.4 is 10.2 Å². The zero-order valence-corrected chi connectivity index (χ0v) is 12.6. The number of hydrogen-bond donors (Lipinski definition) is 1. The molecule has 1 aromatic heterocycles. The number of nitrogens with zero attached hydrogens (tertiary/aromatic N) is 3. The second-order valence-corrected chi connectivity index (χ2v) is 5.50. The van der Waals surface area contributed by atoms with Crippen molar-refractivity contribution in [3.05, 3.63) is 17.0 Å². The Morgan fingerprint density at radius 2 is 2.32 bits per heavy atom. The summed E-state index contributed by atoms with van der Waals surface area (Å²) in [5, 5.41) is 3.72. The molecule has 1 aromatic rings. The Morgan fingerprint density at radius 3 is 3.05 bits per heavy atom. The highest BCUT2D eigenvalue weighted by Gasteiger charge is 2.20. The first-order valence-corrected chi connectivity index (χ1v) is 7.56. The molecule has 2 rings (SSSR count). The maximum absolute atomic E-state index is 6.05. The highest BCUT2D eigenvalue weighted by atomic mass is 35.5. The molecule has 4 nitrogen and oxygen atoms in total. The van der Waals surface area contributed by atoms with Gasteiger partial charge in [-0.3, -0.25) is 0 Å². The second-order valence-electron chi connectivity index (χ2n) is 5.16. The van der Waals surface area contributed by atoms with Crippen molar-refractivity contribution in [2.45, 2.75) is 45.1 Å². The smallest absolute Gasteiger partial charge is 0.224 e. The number of anilines is 1. The third-order valence-electron chi connectivity index (χ3n) is 3.68. The van der Waals surface area contributed by atoms with Gasteiger partial charge in [0.15, 0.2) is 0 Å². The first-order valence-electron chi connectivity index (χ1n) is 7.18. The number of hydrogen-bond acceptors (Lipinski definition) is 4. The third kappa shape index (κ3) is 4.05. The average molecular weight is 283 g/mol. The lowest BCUT2D eigenvalue weighted by molar-refractivity contribution is 0.447. The van der Waals surface area contributed by atoms with Crippen LogP contribution in [-0.2, 0) is 6.42 Å². The van der Waals surface area contributed by atoms with Crippen LogP contribution in [0, 0.1) is 0 Å². The monoisotopic (exact) mass is 282 g/mol. The van der Waals surface area contributed by atoms with Crippen LogP contribution >= 0.6 is 11.6 Å². The van der Waals surface area contributed by atoms with Crippen LogP contribution in [0.15, 0.2) is 6.07 Å². The maximum atomic E-state index is 6.05. The van der Waals surface area contributed by atoms with Gasteiger partial charge in [0.2, 0.25) is 5.28 Å². The minimum atomic E-state index is 0.371. The molecule has 1 atom stereocenters. The Hall–Kier alpha value is -0.870. The summed E-state index contributed by atoms with van der Waals surface area (Å²) in [7, 11) is 2.02. The van der Waals surface area contributed by atoms with E-state index in [1.165, 1.54) is 19.3 Å². The van der Waals surface area contributed by atoms with Crippen molar-refractivity contribution in [1.82, 2.24) is 15.3 Å². The van der Waals surface area contributed by atoms with E-state index in [0.29, 0.717) is 11.3 Å². The first kappa shape index (κ1) is 14.5. The Bertz CT molecular complexity index is 410. The number of aromatic nitrogens is 2. The molecule has 0 radical (unpaired) electrons. The average Bonchev–Trinajstić information content (AvgIpc) is 2.44. The molecule has 106 valence electrons. The van der Waals surface area contributed by atoms with Crippen molar-refractivity contribution in [1.29, 1.82) is 0 Å². The topological polar surface area (TPSA) is 41.0 Å². The van der Waals surface area contributed by atoms with E-state index in [0.717, 1.165) is 37.4 Å². The largest absolute Gasteiger partial charge is 0.355 e. The predicted octanol–water partition coefficient (Wildman–Crippen LogP) is 2.66. The van der Waals surface area contributed by atoms with Crippen molar-refractivity contribution >= 4 is 17.4 Å². The molecule has 1 saturated heterocycles. The van der Waals surface area contributed by atoms with Crippen molar-refractivity contribution in [3.63, 3.8) is 0 Å². The first-order chi connectivity index (χ1) is 9.22. The van der Waals surface area contributed by atoms with Crippen LogP contribution in [0.1, 0.15) is 38.3 Å². The minimum Gasteiger partial charge on any atom is -0.355 e. The summed E-state index contributed by atoms with van der Waals surface area (Å²) < 4.78 is 0. The fourth-order valence-electron chi connectivity index (χ4n) is 2.52. The van der Waals surface area contributed by atoms with E-state index in [-0.39, 0.29) is 0 Å². The number of nitrogens with one attached hydrogen (secondary N) is 1. The zero-order chi connectivity index (χ0) is 13.7.